The third kappa shape index (κ3) is 5.29. The summed E-state index contributed by atoms with van der Waals surface area (Å²) in [5.41, 5.74) is -0.408. The van der Waals surface area contributed by atoms with Crippen molar-refractivity contribution in [2.45, 2.75) is 48.0 Å². The molecule has 0 fully saturated rings. The van der Waals surface area contributed by atoms with Crippen molar-refractivity contribution in [3.63, 3.8) is 0 Å². The van der Waals surface area contributed by atoms with E-state index in [4.69, 9.17) is 0 Å². The first-order valence-electron chi connectivity index (χ1n) is 5.95. The zero-order valence-electron chi connectivity index (χ0n) is 11.4. The molecule has 1 amide bonds. The standard InChI is InChI=1S/C13H25NO2/c1-9(2)8-14-12(16)10(3)7-13(5,6)11(4)15/h9-10H,7-8H2,1-6H3,(H,14,16). The Balaban J connectivity index is 4.20. The second-order valence-electron chi connectivity index (χ2n) is 5.68. The van der Waals surface area contributed by atoms with E-state index < -0.39 is 5.41 Å². The Morgan fingerprint density at radius 2 is 1.69 bits per heavy atom. The van der Waals surface area contributed by atoms with Gasteiger partial charge in [0.1, 0.15) is 5.78 Å². The lowest BCUT2D eigenvalue weighted by atomic mass is 9.80. The summed E-state index contributed by atoms with van der Waals surface area (Å²) in [5, 5.41) is 2.89. The molecule has 0 spiro atoms. The van der Waals surface area contributed by atoms with E-state index in [2.05, 4.69) is 19.2 Å². The van der Waals surface area contributed by atoms with Gasteiger partial charge in [-0.05, 0) is 19.3 Å². The minimum absolute atomic E-state index is 0.0445. The van der Waals surface area contributed by atoms with Gasteiger partial charge in [-0.2, -0.15) is 0 Å². The quantitative estimate of drug-likeness (QED) is 0.757. The number of ketones is 1. The molecule has 0 aromatic rings. The molecule has 0 saturated heterocycles. The van der Waals surface area contributed by atoms with Gasteiger partial charge in [-0.15, -0.1) is 0 Å². The molecule has 3 nitrogen and oxygen atoms in total. The van der Waals surface area contributed by atoms with Crippen LogP contribution in [-0.2, 0) is 9.59 Å². The van der Waals surface area contributed by atoms with Crippen LogP contribution in [0.1, 0.15) is 48.0 Å². The second kappa shape index (κ2) is 6.02. The molecule has 16 heavy (non-hydrogen) atoms. The van der Waals surface area contributed by atoms with Crippen molar-refractivity contribution in [1.29, 1.82) is 0 Å². The Morgan fingerprint density at radius 3 is 2.06 bits per heavy atom. The maximum Gasteiger partial charge on any atom is 0.222 e. The van der Waals surface area contributed by atoms with Gasteiger partial charge in [-0.3, -0.25) is 9.59 Å². The summed E-state index contributed by atoms with van der Waals surface area (Å²) in [7, 11) is 0. The van der Waals surface area contributed by atoms with E-state index in [1.54, 1.807) is 6.92 Å². The Kier molecular flexibility index (Phi) is 5.70. The monoisotopic (exact) mass is 227 g/mol. The summed E-state index contributed by atoms with van der Waals surface area (Å²) >= 11 is 0. The highest BCUT2D eigenvalue weighted by Crippen LogP contribution is 2.26. The molecular weight excluding hydrogens is 202 g/mol. The Hall–Kier alpha value is -0.860. The number of carbonyl (C=O) groups is 2. The molecule has 1 unspecified atom stereocenters. The largest absolute Gasteiger partial charge is 0.356 e. The molecule has 0 aliphatic rings. The number of rotatable bonds is 6. The van der Waals surface area contributed by atoms with Crippen LogP contribution in [0.5, 0.6) is 0 Å². The molecule has 0 heterocycles. The van der Waals surface area contributed by atoms with Crippen LogP contribution in [0, 0.1) is 17.3 Å². The Bertz CT molecular complexity index is 257. The minimum Gasteiger partial charge on any atom is -0.356 e. The van der Waals surface area contributed by atoms with Crippen molar-refractivity contribution in [2.75, 3.05) is 6.54 Å². The van der Waals surface area contributed by atoms with Gasteiger partial charge in [0.05, 0.1) is 0 Å². The van der Waals surface area contributed by atoms with Crippen molar-refractivity contribution in [2.24, 2.45) is 17.3 Å². The molecule has 0 radical (unpaired) electrons. The Labute approximate surface area is 99.0 Å². The van der Waals surface area contributed by atoms with Crippen molar-refractivity contribution in [3.8, 4) is 0 Å². The van der Waals surface area contributed by atoms with Gasteiger partial charge in [-0.1, -0.05) is 34.6 Å². The van der Waals surface area contributed by atoms with E-state index in [-0.39, 0.29) is 17.6 Å². The molecule has 0 bridgehead atoms. The summed E-state index contributed by atoms with van der Waals surface area (Å²) in [4.78, 5) is 23.1. The molecule has 0 saturated carbocycles. The number of hydrogen-bond donors (Lipinski definition) is 1. The predicted molar refractivity (Wildman–Crippen MR) is 66.1 cm³/mol. The first-order valence-corrected chi connectivity index (χ1v) is 5.95. The lowest BCUT2D eigenvalue weighted by Gasteiger charge is -2.24. The lowest BCUT2D eigenvalue weighted by molar-refractivity contribution is -0.129. The van der Waals surface area contributed by atoms with Crippen LogP contribution in [0.25, 0.3) is 0 Å². The highest BCUT2D eigenvalue weighted by molar-refractivity contribution is 5.83. The number of Topliss-reactive ketones (excluding diaryl/α,β-unsaturated/α-hetero) is 1. The van der Waals surface area contributed by atoms with Crippen LogP contribution < -0.4 is 5.32 Å². The van der Waals surface area contributed by atoms with E-state index in [1.807, 2.05) is 20.8 Å². The van der Waals surface area contributed by atoms with Gasteiger partial charge in [0.25, 0.3) is 0 Å². The maximum absolute atomic E-state index is 11.7. The van der Waals surface area contributed by atoms with Gasteiger partial charge < -0.3 is 5.32 Å². The minimum atomic E-state index is -0.408. The van der Waals surface area contributed by atoms with Gasteiger partial charge in [0, 0.05) is 17.9 Å². The Morgan fingerprint density at radius 1 is 1.19 bits per heavy atom. The average molecular weight is 227 g/mol. The SMILES string of the molecule is CC(=O)C(C)(C)CC(C)C(=O)NCC(C)C. The van der Waals surface area contributed by atoms with Gasteiger partial charge in [-0.25, -0.2) is 0 Å². The fourth-order valence-electron chi connectivity index (χ4n) is 1.48. The average Bonchev–Trinajstić information content (AvgIpc) is 2.12. The predicted octanol–water partition coefficient (Wildman–Crippen LogP) is 2.40. The van der Waals surface area contributed by atoms with Crippen LogP contribution in [0.3, 0.4) is 0 Å². The molecule has 0 aliphatic carbocycles. The zero-order chi connectivity index (χ0) is 12.9. The molecular formula is C13H25NO2. The normalized spacial score (nSPS) is 13.7. The number of amides is 1. The molecule has 0 aromatic carbocycles. The van der Waals surface area contributed by atoms with Crippen molar-refractivity contribution < 1.29 is 9.59 Å². The van der Waals surface area contributed by atoms with Crippen LogP contribution in [0.15, 0.2) is 0 Å². The van der Waals surface area contributed by atoms with E-state index >= 15 is 0 Å². The highest BCUT2D eigenvalue weighted by atomic mass is 16.2. The summed E-state index contributed by atoms with van der Waals surface area (Å²) < 4.78 is 0. The van der Waals surface area contributed by atoms with Crippen LogP contribution in [-0.4, -0.2) is 18.2 Å². The maximum atomic E-state index is 11.7. The second-order valence-corrected chi connectivity index (χ2v) is 5.68. The summed E-state index contributed by atoms with van der Waals surface area (Å²) in [6.07, 6.45) is 0.603. The summed E-state index contributed by atoms with van der Waals surface area (Å²) in [5.74, 6) is 0.522. The van der Waals surface area contributed by atoms with E-state index in [1.165, 1.54) is 0 Å². The molecule has 0 aromatic heterocycles. The molecule has 1 N–H and O–H groups in total. The van der Waals surface area contributed by atoms with Crippen LogP contribution in [0.4, 0.5) is 0 Å². The first kappa shape index (κ1) is 15.1. The number of nitrogens with one attached hydrogen (secondary N) is 1. The molecule has 3 heteroatoms. The fourth-order valence-corrected chi connectivity index (χ4v) is 1.48. The molecule has 1 atom stereocenters. The van der Waals surface area contributed by atoms with Crippen molar-refractivity contribution in [3.05, 3.63) is 0 Å². The fraction of sp³-hybridized carbons (Fsp3) is 0.846. The van der Waals surface area contributed by atoms with E-state index in [9.17, 15) is 9.59 Å². The highest BCUT2D eigenvalue weighted by Gasteiger charge is 2.28. The third-order valence-electron chi connectivity index (χ3n) is 2.90. The summed E-state index contributed by atoms with van der Waals surface area (Å²) in [6.45, 7) is 12.1. The topological polar surface area (TPSA) is 46.2 Å². The molecule has 0 rings (SSSR count). The van der Waals surface area contributed by atoms with E-state index in [0.717, 1.165) is 0 Å². The van der Waals surface area contributed by atoms with E-state index in [0.29, 0.717) is 18.9 Å². The van der Waals surface area contributed by atoms with Crippen LogP contribution >= 0.6 is 0 Å². The molecule has 0 aliphatic heterocycles. The summed E-state index contributed by atoms with van der Waals surface area (Å²) in [6, 6.07) is 0. The van der Waals surface area contributed by atoms with Gasteiger partial charge in [0.15, 0.2) is 0 Å². The van der Waals surface area contributed by atoms with Crippen molar-refractivity contribution in [1.82, 2.24) is 5.32 Å². The van der Waals surface area contributed by atoms with Crippen molar-refractivity contribution >= 4 is 11.7 Å². The van der Waals surface area contributed by atoms with Gasteiger partial charge >= 0.3 is 0 Å². The van der Waals surface area contributed by atoms with Crippen LogP contribution in [0.2, 0.25) is 0 Å². The lowest BCUT2D eigenvalue weighted by Crippen LogP contribution is -2.35. The number of carbonyl (C=O) groups excluding carboxylic acids is 2. The smallest absolute Gasteiger partial charge is 0.222 e. The molecule has 94 valence electrons. The third-order valence-corrected chi connectivity index (χ3v) is 2.90. The van der Waals surface area contributed by atoms with Gasteiger partial charge in [0.2, 0.25) is 5.91 Å². The first-order chi connectivity index (χ1) is 7.16. The number of hydrogen-bond acceptors (Lipinski definition) is 2. The zero-order valence-corrected chi connectivity index (χ0v) is 11.4.